The van der Waals surface area contributed by atoms with Gasteiger partial charge in [-0.05, 0) is 139 Å². The quantitative estimate of drug-likeness (QED) is 0.473. The summed E-state index contributed by atoms with van der Waals surface area (Å²) in [6, 6.07) is 3.17. The number of nitriles is 1. The number of piperidine rings is 3. The zero-order valence-corrected chi connectivity index (χ0v) is 23.9. The highest BCUT2D eigenvalue weighted by Crippen LogP contribution is 2.59. The molecule has 3 rings (SSSR count). The fourth-order valence-electron chi connectivity index (χ4n) is 9.25. The lowest BCUT2D eigenvalue weighted by Gasteiger charge is -2.61. The van der Waals surface area contributed by atoms with Gasteiger partial charge in [0, 0.05) is 33.2 Å². The summed E-state index contributed by atoms with van der Waals surface area (Å²) >= 11 is 0. The molecule has 3 heterocycles. The molecule has 0 saturated carbocycles. The monoisotopic (exact) mass is 458 g/mol. The highest BCUT2D eigenvalue weighted by Gasteiger charge is 2.60. The topological polar surface area (TPSA) is 59.9 Å². The predicted molar refractivity (Wildman–Crippen MR) is 140 cm³/mol. The number of rotatable bonds is 3. The maximum Gasteiger partial charge on any atom is 0.0698 e. The van der Waals surface area contributed by atoms with E-state index in [1.165, 1.54) is 0 Å². The summed E-state index contributed by atoms with van der Waals surface area (Å²) < 4.78 is 0. The predicted octanol–water partition coefficient (Wildman–Crippen LogP) is 6.17. The summed E-state index contributed by atoms with van der Waals surface area (Å²) in [5, 5.41) is 23.0. The van der Waals surface area contributed by atoms with E-state index in [1.54, 1.807) is 0 Å². The van der Waals surface area contributed by atoms with Crippen LogP contribution in [0.15, 0.2) is 0 Å². The molecule has 0 spiro atoms. The molecule has 0 amide bonds. The van der Waals surface area contributed by atoms with Crippen LogP contribution in [-0.2, 0) is 0 Å². The van der Waals surface area contributed by atoms with E-state index in [0.717, 1.165) is 38.5 Å². The van der Waals surface area contributed by atoms with Gasteiger partial charge in [0.2, 0.25) is 0 Å². The summed E-state index contributed by atoms with van der Waals surface area (Å²) in [5.41, 5.74) is -0.136. The van der Waals surface area contributed by atoms with Crippen molar-refractivity contribution in [2.45, 2.75) is 155 Å². The van der Waals surface area contributed by atoms with E-state index < -0.39 is 0 Å². The van der Waals surface area contributed by atoms with Crippen molar-refractivity contribution in [1.29, 1.82) is 5.26 Å². The Hall–Kier alpha value is -0.630. The molecular formula is C29H54N4. The molecule has 0 aliphatic carbocycles. The van der Waals surface area contributed by atoms with E-state index in [9.17, 15) is 5.26 Å². The molecule has 4 heteroatoms. The molecule has 33 heavy (non-hydrogen) atoms. The number of nitrogens with one attached hydrogen (secondary N) is 3. The molecule has 3 fully saturated rings. The van der Waals surface area contributed by atoms with Crippen LogP contribution in [0, 0.1) is 34.5 Å². The van der Waals surface area contributed by atoms with Gasteiger partial charge >= 0.3 is 0 Å². The lowest BCUT2D eigenvalue weighted by molar-refractivity contribution is -0.0744. The summed E-state index contributed by atoms with van der Waals surface area (Å²) in [6.07, 6.45) is 6.41. The molecule has 0 bridgehead atoms. The minimum Gasteiger partial charge on any atom is -0.307 e. The Morgan fingerprint density at radius 2 is 0.667 bits per heavy atom. The molecule has 0 aromatic carbocycles. The summed E-state index contributed by atoms with van der Waals surface area (Å²) in [6.45, 7) is 28.1. The second kappa shape index (κ2) is 7.94. The first-order valence-corrected chi connectivity index (χ1v) is 13.4. The molecule has 3 aliphatic rings. The fourth-order valence-corrected chi connectivity index (χ4v) is 9.25. The molecule has 3 N–H and O–H groups in total. The Bertz CT molecular complexity index is 639. The number of hydrogen-bond donors (Lipinski definition) is 3. The van der Waals surface area contributed by atoms with Crippen LogP contribution < -0.4 is 16.0 Å². The van der Waals surface area contributed by atoms with Crippen molar-refractivity contribution in [2.24, 2.45) is 23.2 Å². The molecule has 190 valence electrons. The molecule has 0 radical (unpaired) electrons. The summed E-state index contributed by atoms with van der Waals surface area (Å²) in [4.78, 5) is 0. The van der Waals surface area contributed by atoms with Crippen LogP contribution in [0.5, 0.6) is 0 Å². The van der Waals surface area contributed by atoms with E-state index >= 15 is 0 Å². The van der Waals surface area contributed by atoms with Crippen LogP contribution in [0.2, 0.25) is 0 Å². The molecule has 0 unspecified atom stereocenters. The first-order chi connectivity index (χ1) is 14.6. The Kier molecular flexibility index (Phi) is 6.49. The zero-order chi connectivity index (χ0) is 25.3. The van der Waals surface area contributed by atoms with Crippen molar-refractivity contribution >= 4 is 0 Å². The normalized spacial score (nSPS) is 31.6. The second-order valence-corrected chi connectivity index (χ2v) is 16.0. The summed E-state index contributed by atoms with van der Waals surface area (Å²) in [7, 11) is 0. The van der Waals surface area contributed by atoms with Crippen molar-refractivity contribution in [2.75, 3.05) is 0 Å². The second-order valence-electron chi connectivity index (χ2n) is 16.0. The van der Waals surface area contributed by atoms with Crippen molar-refractivity contribution in [3.05, 3.63) is 0 Å². The van der Waals surface area contributed by atoms with Crippen LogP contribution in [0.1, 0.15) is 122 Å². The van der Waals surface area contributed by atoms with Crippen molar-refractivity contribution < 1.29 is 0 Å². The van der Waals surface area contributed by atoms with Crippen LogP contribution in [0.25, 0.3) is 0 Å². The van der Waals surface area contributed by atoms with Gasteiger partial charge in [-0.1, -0.05) is 0 Å². The first-order valence-electron chi connectivity index (χ1n) is 13.4. The zero-order valence-electron chi connectivity index (χ0n) is 23.9. The van der Waals surface area contributed by atoms with E-state index in [2.05, 4.69) is 105 Å². The Morgan fingerprint density at radius 1 is 0.485 bits per heavy atom. The summed E-state index contributed by atoms with van der Waals surface area (Å²) in [5.74, 6) is 1.16. The van der Waals surface area contributed by atoms with Gasteiger partial charge in [0.05, 0.1) is 11.5 Å². The smallest absolute Gasteiger partial charge is 0.0698 e. The van der Waals surface area contributed by atoms with Crippen molar-refractivity contribution in [3.8, 4) is 6.07 Å². The van der Waals surface area contributed by atoms with Crippen LogP contribution in [0.3, 0.4) is 0 Å². The average molecular weight is 459 g/mol. The van der Waals surface area contributed by atoms with E-state index in [1.807, 2.05) is 0 Å². The highest BCUT2D eigenvalue weighted by molar-refractivity contribution is 5.20. The number of hydrogen-bond acceptors (Lipinski definition) is 4. The molecule has 0 aromatic heterocycles. The van der Waals surface area contributed by atoms with Crippen molar-refractivity contribution in [3.63, 3.8) is 0 Å². The Labute approximate surface area is 205 Å². The molecule has 3 aliphatic heterocycles. The molecule has 0 atom stereocenters. The van der Waals surface area contributed by atoms with Crippen LogP contribution in [0.4, 0.5) is 0 Å². The fraction of sp³-hybridized carbons (Fsp3) is 0.966. The Morgan fingerprint density at radius 3 is 0.818 bits per heavy atom. The maximum absolute atomic E-state index is 11.3. The van der Waals surface area contributed by atoms with Gasteiger partial charge < -0.3 is 16.0 Å². The maximum atomic E-state index is 11.3. The van der Waals surface area contributed by atoms with Gasteiger partial charge in [-0.2, -0.15) is 5.26 Å². The van der Waals surface area contributed by atoms with Crippen LogP contribution >= 0.6 is 0 Å². The molecular weight excluding hydrogens is 404 g/mol. The SMILES string of the molecule is CC1(C)CC(C(C#N)(C2CC(C)(C)NC(C)(C)C2)C2CC(C)(C)NC(C)(C)C2)CC(C)(C)N1. The standard InChI is InChI=1S/C29H54N4/c1-23(2)13-20(14-24(3,4)31-23)29(19-30,21-15-25(5,6)32-26(7,8)16-21)22-17-27(9,10)33-28(11,12)18-22/h20-22,31-33H,13-18H2,1-12H3. The van der Waals surface area contributed by atoms with Gasteiger partial charge in [0.15, 0.2) is 0 Å². The highest BCUT2D eigenvalue weighted by atomic mass is 15.1. The van der Waals surface area contributed by atoms with Gasteiger partial charge in [-0.15, -0.1) is 0 Å². The number of nitrogens with zero attached hydrogens (tertiary/aromatic N) is 1. The van der Waals surface area contributed by atoms with Gasteiger partial charge in [0.25, 0.3) is 0 Å². The van der Waals surface area contributed by atoms with Gasteiger partial charge in [-0.3, -0.25) is 0 Å². The lowest BCUT2D eigenvalue weighted by atomic mass is 9.48. The minimum atomic E-state index is -0.329. The first kappa shape index (κ1) is 27.0. The minimum absolute atomic E-state index is 0.0322. The molecule has 0 aromatic rings. The molecule has 4 nitrogen and oxygen atoms in total. The lowest BCUT2D eigenvalue weighted by Crippen LogP contribution is -2.67. The van der Waals surface area contributed by atoms with E-state index in [4.69, 9.17) is 0 Å². The molecule has 3 saturated heterocycles. The Balaban J connectivity index is 2.18. The van der Waals surface area contributed by atoms with Gasteiger partial charge in [-0.25, -0.2) is 0 Å². The third-order valence-corrected chi connectivity index (χ3v) is 8.79. The van der Waals surface area contributed by atoms with Gasteiger partial charge in [0.1, 0.15) is 0 Å². The average Bonchev–Trinajstić information content (AvgIpc) is 2.46. The van der Waals surface area contributed by atoms with Crippen LogP contribution in [-0.4, -0.2) is 33.2 Å². The largest absolute Gasteiger partial charge is 0.307 e. The third-order valence-electron chi connectivity index (χ3n) is 8.79. The van der Waals surface area contributed by atoms with E-state index in [-0.39, 0.29) is 38.6 Å². The van der Waals surface area contributed by atoms with E-state index in [0.29, 0.717) is 17.8 Å². The third kappa shape index (κ3) is 5.79. The van der Waals surface area contributed by atoms with Crippen molar-refractivity contribution in [1.82, 2.24) is 16.0 Å².